The minimum Gasteiger partial charge on any atom is -0.331 e. The molecular weight excluding hydrogens is 368 g/mol. The van der Waals surface area contributed by atoms with Crippen LogP contribution >= 0.6 is 11.3 Å². The van der Waals surface area contributed by atoms with Crippen molar-refractivity contribution < 1.29 is 9.59 Å². The fourth-order valence-corrected chi connectivity index (χ4v) is 4.68. The lowest BCUT2D eigenvalue weighted by Gasteiger charge is -2.38. The lowest BCUT2D eigenvalue weighted by molar-refractivity contribution is -0.145. The summed E-state index contributed by atoms with van der Waals surface area (Å²) in [7, 11) is 0. The molecular formula is C23H30N2O2S. The fraction of sp³-hybridized carbons (Fsp3) is 0.478. The lowest BCUT2D eigenvalue weighted by Crippen LogP contribution is -2.49. The van der Waals surface area contributed by atoms with Crippen molar-refractivity contribution in [2.24, 2.45) is 5.92 Å². The summed E-state index contributed by atoms with van der Waals surface area (Å²) < 4.78 is 0. The summed E-state index contributed by atoms with van der Waals surface area (Å²) in [5.74, 6) is -0.0680. The maximum atomic E-state index is 13.4. The first-order chi connectivity index (χ1) is 13.3. The molecule has 0 bridgehead atoms. The molecule has 0 saturated heterocycles. The van der Waals surface area contributed by atoms with Crippen LogP contribution in [0.4, 0.5) is 0 Å². The summed E-state index contributed by atoms with van der Waals surface area (Å²) in [6.07, 6.45) is 0.876. The lowest BCUT2D eigenvalue weighted by atomic mass is 9.92. The van der Waals surface area contributed by atoms with Crippen LogP contribution in [0.3, 0.4) is 0 Å². The van der Waals surface area contributed by atoms with E-state index in [0.29, 0.717) is 6.54 Å². The highest BCUT2D eigenvalue weighted by atomic mass is 32.1. The van der Waals surface area contributed by atoms with Crippen molar-refractivity contribution in [2.75, 3.05) is 13.1 Å². The Balaban J connectivity index is 1.91. The van der Waals surface area contributed by atoms with Crippen molar-refractivity contribution in [3.8, 4) is 0 Å². The van der Waals surface area contributed by atoms with Gasteiger partial charge in [-0.2, -0.15) is 0 Å². The van der Waals surface area contributed by atoms with Gasteiger partial charge in [0.1, 0.15) is 6.54 Å². The molecule has 150 valence electrons. The summed E-state index contributed by atoms with van der Waals surface area (Å²) in [5.41, 5.74) is 3.56. The Morgan fingerprint density at radius 2 is 1.82 bits per heavy atom. The third kappa shape index (κ3) is 4.14. The molecule has 0 fully saturated rings. The van der Waals surface area contributed by atoms with E-state index in [-0.39, 0.29) is 36.4 Å². The van der Waals surface area contributed by atoms with Gasteiger partial charge < -0.3 is 9.80 Å². The maximum Gasteiger partial charge on any atom is 0.243 e. The quantitative estimate of drug-likeness (QED) is 0.748. The van der Waals surface area contributed by atoms with Gasteiger partial charge >= 0.3 is 0 Å². The van der Waals surface area contributed by atoms with Gasteiger partial charge in [-0.25, -0.2) is 0 Å². The van der Waals surface area contributed by atoms with Crippen molar-refractivity contribution in [2.45, 2.75) is 53.1 Å². The van der Waals surface area contributed by atoms with Gasteiger partial charge in [0.05, 0.1) is 6.04 Å². The molecule has 28 heavy (non-hydrogen) atoms. The third-order valence-corrected chi connectivity index (χ3v) is 6.38. The van der Waals surface area contributed by atoms with Gasteiger partial charge in [-0.1, -0.05) is 43.7 Å². The topological polar surface area (TPSA) is 40.6 Å². The number of fused-ring (bicyclic) bond motifs is 1. The number of carbonyl (C=O) groups excluding carboxylic acids is 2. The van der Waals surface area contributed by atoms with Crippen LogP contribution in [0, 0.1) is 12.8 Å². The SMILES string of the molecule is Cc1ccc(C2c3ccsc3CCN2C(=O)CN(C(=O)C(C)C)C(C)C)cc1. The fourth-order valence-electron chi connectivity index (χ4n) is 3.78. The van der Waals surface area contributed by atoms with Crippen molar-refractivity contribution in [1.82, 2.24) is 9.80 Å². The highest BCUT2D eigenvalue weighted by molar-refractivity contribution is 7.10. The van der Waals surface area contributed by atoms with Crippen LogP contribution in [0.2, 0.25) is 0 Å². The number of carbonyl (C=O) groups is 2. The Morgan fingerprint density at radius 3 is 2.43 bits per heavy atom. The largest absolute Gasteiger partial charge is 0.331 e. The van der Waals surface area contributed by atoms with Crippen molar-refractivity contribution in [3.05, 3.63) is 57.3 Å². The number of thiophene rings is 1. The van der Waals surface area contributed by atoms with Gasteiger partial charge in [0, 0.05) is 23.4 Å². The van der Waals surface area contributed by atoms with Crippen LogP contribution < -0.4 is 0 Å². The van der Waals surface area contributed by atoms with Gasteiger partial charge in [-0.05, 0) is 49.8 Å². The molecule has 0 saturated carbocycles. The Bertz CT molecular complexity index is 839. The zero-order valence-corrected chi connectivity index (χ0v) is 18.3. The van der Waals surface area contributed by atoms with Gasteiger partial charge in [-0.15, -0.1) is 11.3 Å². The number of hydrogen-bond acceptors (Lipinski definition) is 3. The molecule has 1 aromatic carbocycles. The van der Waals surface area contributed by atoms with Crippen LogP contribution in [0.25, 0.3) is 0 Å². The minimum atomic E-state index is -0.118. The normalized spacial score (nSPS) is 16.4. The molecule has 1 atom stereocenters. The summed E-state index contributed by atoms with van der Waals surface area (Å²) >= 11 is 1.77. The number of nitrogens with zero attached hydrogens (tertiary/aromatic N) is 2. The summed E-state index contributed by atoms with van der Waals surface area (Å²) in [6, 6.07) is 10.5. The molecule has 2 aromatic rings. The van der Waals surface area contributed by atoms with Crippen LogP contribution in [0.1, 0.15) is 55.3 Å². The van der Waals surface area contributed by atoms with E-state index in [2.05, 4.69) is 42.6 Å². The van der Waals surface area contributed by atoms with E-state index in [0.717, 1.165) is 12.0 Å². The molecule has 3 rings (SSSR count). The highest BCUT2D eigenvalue weighted by Crippen LogP contribution is 2.38. The molecule has 1 aliphatic heterocycles. The Kier molecular flexibility index (Phi) is 6.23. The molecule has 2 heterocycles. The molecule has 1 aromatic heterocycles. The van der Waals surface area contributed by atoms with Crippen molar-refractivity contribution in [3.63, 3.8) is 0 Å². The molecule has 0 aliphatic carbocycles. The summed E-state index contributed by atoms with van der Waals surface area (Å²) in [5, 5.41) is 2.11. The molecule has 0 radical (unpaired) electrons. The van der Waals surface area contributed by atoms with Gasteiger partial charge in [0.2, 0.25) is 11.8 Å². The predicted molar refractivity (Wildman–Crippen MR) is 114 cm³/mol. The van der Waals surface area contributed by atoms with E-state index in [1.54, 1.807) is 16.2 Å². The Hall–Kier alpha value is -2.14. The van der Waals surface area contributed by atoms with Crippen LogP contribution in [-0.2, 0) is 16.0 Å². The molecule has 4 nitrogen and oxygen atoms in total. The first kappa shape index (κ1) is 20.6. The monoisotopic (exact) mass is 398 g/mol. The van der Waals surface area contributed by atoms with Crippen molar-refractivity contribution >= 4 is 23.2 Å². The second-order valence-corrected chi connectivity index (χ2v) is 9.16. The zero-order valence-electron chi connectivity index (χ0n) is 17.4. The summed E-state index contributed by atoms with van der Waals surface area (Å²) in [6.45, 7) is 10.6. The van der Waals surface area contributed by atoms with Crippen LogP contribution in [-0.4, -0.2) is 40.7 Å². The third-order valence-electron chi connectivity index (χ3n) is 5.39. The highest BCUT2D eigenvalue weighted by Gasteiger charge is 2.34. The van der Waals surface area contributed by atoms with E-state index in [9.17, 15) is 9.59 Å². The number of amides is 2. The average molecular weight is 399 g/mol. The Labute approximate surface area is 172 Å². The van der Waals surface area contributed by atoms with Crippen LogP contribution in [0.15, 0.2) is 35.7 Å². The number of aryl methyl sites for hydroxylation is 1. The molecule has 5 heteroatoms. The first-order valence-electron chi connectivity index (χ1n) is 10.0. The van der Waals surface area contributed by atoms with Crippen LogP contribution in [0.5, 0.6) is 0 Å². The van der Waals surface area contributed by atoms with Gasteiger partial charge in [0.15, 0.2) is 0 Å². The second kappa shape index (κ2) is 8.48. The molecule has 1 aliphatic rings. The average Bonchev–Trinajstić information content (AvgIpc) is 3.13. The molecule has 1 unspecified atom stereocenters. The maximum absolute atomic E-state index is 13.4. The smallest absolute Gasteiger partial charge is 0.243 e. The van der Waals surface area contributed by atoms with E-state index in [1.165, 1.54) is 16.0 Å². The first-order valence-corrected chi connectivity index (χ1v) is 10.9. The van der Waals surface area contributed by atoms with Crippen molar-refractivity contribution in [1.29, 1.82) is 0 Å². The minimum absolute atomic E-state index is 0.00169. The molecule has 0 spiro atoms. The van der Waals surface area contributed by atoms with E-state index < -0.39 is 0 Å². The van der Waals surface area contributed by atoms with E-state index >= 15 is 0 Å². The van der Waals surface area contributed by atoms with E-state index in [4.69, 9.17) is 0 Å². The number of rotatable bonds is 5. The number of hydrogen-bond donors (Lipinski definition) is 0. The van der Waals surface area contributed by atoms with Gasteiger partial charge in [0.25, 0.3) is 0 Å². The van der Waals surface area contributed by atoms with Gasteiger partial charge in [-0.3, -0.25) is 9.59 Å². The standard InChI is InChI=1S/C23H30N2O2S/c1-15(2)23(27)25(16(3)4)14-21(26)24-12-10-20-19(11-13-28-20)22(24)18-8-6-17(5)7-9-18/h6-9,11,13,15-16,22H,10,12,14H2,1-5H3. The molecule has 2 amide bonds. The second-order valence-electron chi connectivity index (χ2n) is 8.16. The summed E-state index contributed by atoms with van der Waals surface area (Å²) in [4.78, 5) is 31.0. The number of benzene rings is 1. The Morgan fingerprint density at radius 1 is 1.14 bits per heavy atom. The zero-order chi connectivity index (χ0) is 20.4. The van der Waals surface area contributed by atoms with E-state index in [1.807, 2.05) is 32.6 Å². The predicted octanol–water partition coefficient (Wildman–Crippen LogP) is 4.42. The molecule has 0 N–H and O–H groups in total.